The third kappa shape index (κ3) is 11.1. The van der Waals surface area contributed by atoms with Crippen LogP contribution in [0.2, 0.25) is 0 Å². The highest BCUT2D eigenvalue weighted by Gasteiger charge is 2.02. The summed E-state index contributed by atoms with van der Waals surface area (Å²) in [5, 5.41) is 8.50. The highest BCUT2D eigenvalue weighted by molar-refractivity contribution is 5.66. The second-order valence-corrected chi connectivity index (χ2v) is 4.03. The van der Waals surface area contributed by atoms with Gasteiger partial charge in [0.25, 0.3) is 0 Å². The number of hydrogen-bond donors (Lipinski definition) is 2. The van der Waals surface area contributed by atoms with E-state index in [2.05, 4.69) is 19.1 Å². The van der Waals surface area contributed by atoms with Gasteiger partial charge in [0, 0.05) is 6.42 Å². The molecule has 0 heterocycles. The lowest BCUT2D eigenvalue weighted by molar-refractivity contribution is -0.137. The van der Waals surface area contributed by atoms with E-state index in [1.807, 2.05) is 0 Å². The molecule has 3 heteroatoms. The summed E-state index contributed by atoms with van der Waals surface area (Å²) >= 11 is 0. The Hall–Kier alpha value is -0.830. The van der Waals surface area contributed by atoms with Crippen LogP contribution in [-0.4, -0.2) is 17.6 Å². The summed E-state index contributed by atoms with van der Waals surface area (Å²) in [6.07, 6.45) is 9.68. The maximum Gasteiger partial charge on any atom is 0.303 e. The first-order valence-electron chi connectivity index (χ1n) is 5.73. The number of carboxylic acids is 1. The fourth-order valence-corrected chi connectivity index (χ4v) is 1.34. The van der Waals surface area contributed by atoms with Crippen molar-refractivity contribution < 1.29 is 9.90 Å². The van der Waals surface area contributed by atoms with Gasteiger partial charge in [-0.25, -0.2) is 0 Å². The van der Waals surface area contributed by atoms with Crippen LogP contribution in [-0.2, 0) is 4.79 Å². The molecule has 1 atom stereocenters. The number of nitrogens with two attached hydrogens (primary N) is 1. The van der Waals surface area contributed by atoms with Gasteiger partial charge in [0.1, 0.15) is 0 Å². The van der Waals surface area contributed by atoms with Crippen molar-refractivity contribution in [2.45, 2.75) is 45.4 Å². The van der Waals surface area contributed by atoms with Gasteiger partial charge < -0.3 is 10.8 Å². The van der Waals surface area contributed by atoms with Crippen LogP contribution in [0.4, 0.5) is 0 Å². The van der Waals surface area contributed by atoms with Gasteiger partial charge in [-0.3, -0.25) is 4.79 Å². The summed E-state index contributed by atoms with van der Waals surface area (Å²) < 4.78 is 0. The Morgan fingerprint density at radius 2 is 2.13 bits per heavy atom. The van der Waals surface area contributed by atoms with Gasteiger partial charge in [0.2, 0.25) is 0 Å². The minimum atomic E-state index is -0.700. The topological polar surface area (TPSA) is 63.3 Å². The van der Waals surface area contributed by atoms with Gasteiger partial charge in [0.05, 0.1) is 0 Å². The fraction of sp³-hybridized carbons (Fsp3) is 0.750. The van der Waals surface area contributed by atoms with E-state index >= 15 is 0 Å². The largest absolute Gasteiger partial charge is 0.481 e. The lowest BCUT2D eigenvalue weighted by atomic mass is 10.0. The van der Waals surface area contributed by atoms with Crippen molar-refractivity contribution in [3.63, 3.8) is 0 Å². The summed E-state index contributed by atoms with van der Waals surface area (Å²) in [5.74, 6) is -0.236. The van der Waals surface area contributed by atoms with Gasteiger partial charge >= 0.3 is 5.97 Å². The maximum atomic E-state index is 10.3. The molecule has 15 heavy (non-hydrogen) atoms. The number of aliphatic carboxylic acids is 1. The number of hydrogen-bond acceptors (Lipinski definition) is 2. The lowest BCUT2D eigenvalue weighted by Gasteiger charge is -2.05. The number of unbranched alkanes of at least 4 members (excludes halogenated alkanes) is 2. The molecule has 3 N–H and O–H groups in total. The Morgan fingerprint density at radius 3 is 2.73 bits per heavy atom. The molecule has 0 amide bonds. The van der Waals surface area contributed by atoms with Gasteiger partial charge in [-0.15, -0.1) is 0 Å². The smallest absolute Gasteiger partial charge is 0.303 e. The Labute approximate surface area is 92.4 Å². The SMILES string of the molecule is CC(C/C=C\CCCCN)CCC(=O)O. The lowest BCUT2D eigenvalue weighted by Crippen LogP contribution is -2.00. The van der Waals surface area contributed by atoms with Crippen molar-refractivity contribution in [3.8, 4) is 0 Å². The van der Waals surface area contributed by atoms with Crippen molar-refractivity contribution in [2.24, 2.45) is 11.7 Å². The number of allylic oxidation sites excluding steroid dienone is 2. The van der Waals surface area contributed by atoms with Crippen LogP contribution in [0.5, 0.6) is 0 Å². The highest BCUT2D eigenvalue weighted by atomic mass is 16.4. The van der Waals surface area contributed by atoms with Crippen LogP contribution < -0.4 is 5.73 Å². The second kappa shape index (κ2) is 9.71. The van der Waals surface area contributed by atoms with E-state index in [9.17, 15) is 4.79 Å². The van der Waals surface area contributed by atoms with Crippen molar-refractivity contribution in [1.82, 2.24) is 0 Å². The molecular formula is C12H23NO2. The van der Waals surface area contributed by atoms with Crippen LogP contribution in [0.1, 0.15) is 45.4 Å². The predicted molar refractivity (Wildman–Crippen MR) is 62.7 cm³/mol. The van der Waals surface area contributed by atoms with E-state index in [4.69, 9.17) is 10.8 Å². The van der Waals surface area contributed by atoms with E-state index in [1.165, 1.54) is 0 Å². The minimum absolute atomic E-state index is 0.280. The average Bonchev–Trinajstić information content (AvgIpc) is 2.20. The van der Waals surface area contributed by atoms with Gasteiger partial charge in [-0.1, -0.05) is 19.1 Å². The standard InChI is InChI=1S/C12H23NO2/c1-11(8-9-12(14)15)7-5-3-2-4-6-10-13/h3,5,11H,2,4,6-10,13H2,1H3,(H,14,15)/b5-3-. The molecule has 0 rings (SSSR count). The quantitative estimate of drug-likeness (QED) is 0.457. The molecule has 0 aliphatic carbocycles. The van der Waals surface area contributed by atoms with E-state index in [-0.39, 0.29) is 6.42 Å². The van der Waals surface area contributed by atoms with E-state index < -0.39 is 5.97 Å². The molecule has 0 aliphatic rings. The number of carboxylic acid groups (broad SMARTS) is 1. The molecule has 0 radical (unpaired) electrons. The Morgan fingerprint density at radius 1 is 1.40 bits per heavy atom. The van der Waals surface area contributed by atoms with Crippen LogP contribution >= 0.6 is 0 Å². The number of rotatable bonds is 9. The summed E-state index contributed by atoms with van der Waals surface area (Å²) in [6.45, 7) is 2.86. The Balaban J connectivity index is 3.36. The molecule has 0 aromatic heterocycles. The van der Waals surface area contributed by atoms with Crippen molar-refractivity contribution in [2.75, 3.05) is 6.54 Å². The normalized spacial score (nSPS) is 13.2. The summed E-state index contributed by atoms with van der Waals surface area (Å²) in [6, 6.07) is 0. The molecule has 0 spiro atoms. The zero-order valence-corrected chi connectivity index (χ0v) is 9.61. The minimum Gasteiger partial charge on any atom is -0.481 e. The van der Waals surface area contributed by atoms with E-state index in [0.717, 1.165) is 38.6 Å². The Kier molecular flexibility index (Phi) is 9.18. The zero-order chi connectivity index (χ0) is 11.5. The van der Waals surface area contributed by atoms with Crippen molar-refractivity contribution >= 4 is 5.97 Å². The third-order valence-electron chi connectivity index (χ3n) is 2.38. The van der Waals surface area contributed by atoms with Crippen LogP contribution in [0.25, 0.3) is 0 Å². The molecule has 0 bridgehead atoms. The van der Waals surface area contributed by atoms with E-state index in [1.54, 1.807) is 0 Å². The summed E-state index contributed by atoms with van der Waals surface area (Å²) in [4.78, 5) is 10.3. The van der Waals surface area contributed by atoms with Gasteiger partial charge in [-0.05, 0) is 44.6 Å². The number of carbonyl (C=O) groups is 1. The van der Waals surface area contributed by atoms with Crippen LogP contribution in [0, 0.1) is 5.92 Å². The molecule has 0 aromatic rings. The van der Waals surface area contributed by atoms with Crippen LogP contribution in [0.3, 0.4) is 0 Å². The third-order valence-corrected chi connectivity index (χ3v) is 2.38. The molecule has 0 aliphatic heterocycles. The highest BCUT2D eigenvalue weighted by Crippen LogP contribution is 2.11. The molecule has 1 unspecified atom stereocenters. The molecule has 0 fully saturated rings. The van der Waals surface area contributed by atoms with E-state index in [0.29, 0.717) is 5.92 Å². The average molecular weight is 213 g/mol. The first kappa shape index (κ1) is 14.2. The van der Waals surface area contributed by atoms with Crippen molar-refractivity contribution in [1.29, 1.82) is 0 Å². The fourth-order valence-electron chi connectivity index (χ4n) is 1.34. The molecule has 0 saturated carbocycles. The molecular weight excluding hydrogens is 190 g/mol. The second-order valence-electron chi connectivity index (χ2n) is 4.03. The Bertz CT molecular complexity index is 190. The zero-order valence-electron chi connectivity index (χ0n) is 9.61. The first-order valence-corrected chi connectivity index (χ1v) is 5.73. The summed E-state index contributed by atoms with van der Waals surface area (Å²) in [5.41, 5.74) is 5.38. The summed E-state index contributed by atoms with van der Waals surface area (Å²) in [7, 11) is 0. The monoisotopic (exact) mass is 213 g/mol. The van der Waals surface area contributed by atoms with Crippen LogP contribution in [0.15, 0.2) is 12.2 Å². The molecule has 0 aromatic carbocycles. The maximum absolute atomic E-state index is 10.3. The van der Waals surface area contributed by atoms with Gasteiger partial charge in [-0.2, -0.15) is 0 Å². The van der Waals surface area contributed by atoms with Crippen molar-refractivity contribution in [3.05, 3.63) is 12.2 Å². The molecule has 88 valence electrons. The predicted octanol–water partition coefficient (Wildman–Crippen LogP) is 2.56. The first-order chi connectivity index (χ1) is 7.16. The van der Waals surface area contributed by atoms with Gasteiger partial charge in [0.15, 0.2) is 0 Å². The molecule has 3 nitrogen and oxygen atoms in total. The molecule has 0 saturated heterocycles.